The predicted octanol–water partition coefficient (Wildman–Crippen LogP) is 3.27. The number of piperidine rings is 1. The topological polar surface area (TPSA) is 53.8 Å². The highest BCUT2D eigenvalue weighted by atomic mass is 32.2. The van der Waals surface area contributed by atoms with Crippen LogP contribution in [0.4, 0.5) is 0 Å². The normalized spacial score (nSPS) is 21.1. The maximum Gasteiger partial charge on any atom is 0.291 e. The number of hydrogen-bond acceptors (Lipinski definition) is 4. The van der Waals surface area contributed by atoms with Crippen LogP contribution >= 0.6 is 11.8 Å². The van der Waals surface area contributed by atoms with Crippen molar-refractivity contribution in [2.75, 3.05) is 24.7 Å². The molecule has 3 heterocycles. The lowest BCUT2D eigenvalue weighted by Gasteiger charge is -2.32. The number of benzene rings is 1. The smallest absolute Gasteiger partial charge is 0.291 e. The van der Waals surface area contributed by atoms with E-state index in [-0.39, 0.29) is 17.9 Å². The number of rotatable bonds is 2. The van der Waals surface area contributed by atoms with Gasteiger partial charge in [0.25, 0.3) is 5.91 Å². The number of thioether (sulfide) groups is 1. The molecule has 6 heteroatoms. The maximum atomic E-state index is 13.1. The quantitative estimate of drug-likeness (QED) is 0.827. The van der Waals surface area contributed by atoms with E-state index in [2.05, 4.69) is 0 Å². The Morgan fingerprint density at radius 1 is 1.16 bits per heavy atom. The lowest BCUT2D eigenvalue weighted by atomic mass is 10.1. The molecule has 2 aliphatic heterocycles. The van der Waals surface area contributed by atoms with Gasteiger partial charge in [-0.25, -0.2) is 0 Å². The third-order valence-electron chi connectivity index (χ3n) is 5.13. The van der Waals surface area contributed by atoms with Crippen LogP contribution in [0.1, 0.15) is 35.4 Å². The van der Waals surface area contributed by atoms with E-state index in [4.69, 9.17) is 4.42 Å². The van der Waals surface area contributed by atoms with Crippen molar-refractivity contribution < 1.29 is 14.0 Å². The predicted molar refractivity (Wildman–Crippen MR) is 98.7 cm³/mol. The van der Waals surface area contributed by atoms with Gasteiger partial charge >= 0.3 is 0 Å². The van der Waals surface area contributed by atoms with E-state index in [9.17, 15) is 9.59 Å². The minimum absolute atomic E-state index is 0.0896. The molecule has 0 aliphatic carbocycles. The fraction of sp³-hybridized carbons (Fsp3) is 0.474. The largest absolute Gasteiger partial charge is 0.451 e. The number of carbonyl (C=O) groups excluding carboxylic acids is 2. The number of hydrogen-bond donors (Lipinski definition) is 0. The van der Waals surface area contributed by atoms with Crippen LogP contribution in [-0.2, 0) is 4.79 Å². The van der Waals surface area contributed by atoms with Gasteiger partial charge in [-0.05, 0) is 32.3 Å². The van der Waals surface area contributed by atoms with Crippen molar-refractivity contribution >= 4 is 34.5 Å². The molecule has 1 aromatic carbocycles. The first kappa shape index (κ1) is 16.5. The Bertz CT molecular complexity index is 810. The fourth-order valence-corrected chi connectivity index (χ4v) is 4.83. The number of fused-ring (bicyclic) bond motifs is 1. The van der Waals surface area contributed by atoms with E-state index in [1.807, 2.05) is 36.1 Å². The molecule has 4 rings (SSSR count). The molecule has 2 fully saturated rings. The van der Waals surface area contributed by atoms with E-state index in [1.165, 1.54) is 6.42 Å². The zero-order chi connectivity index (χ0) is 17.4. The standard InChI is InChI=1S/C19H22N2O3S/c1-13-14-7-3-4-8-16(14)24-17(13)19(23)21-12-25-11-15(21)18(22)20-9-5-2-6-10-20/h3-4,7-8,15H,2,5-6,9-12H2,1H3. The highest BCUT2D eigenvalue weighted by molar-refractivity contribution is 7.99. The summed E-state index contributed by atoms with van der Waals surface area (Å²) < 4.78 is 5.82. The van der Waals surface area contributed by atoms with Gasteiger partial charge in [0.2, 0.25) is 5.91 Å². The van der Waals surface area contributed by atoms with E-state index < -0.39 is 0 Å². The van der Waals surface area contributed by atoms with Gasteiger partial charge in [-0.3, -0.25) is 9.59 Å². The molecular weight excluding hydrogens is 336 g/mol. The van der Waals surface area contributed by atoms with Gasteiger partial charge in [0.05, 0.1) is 5.88 Å². The number of furan rings is 1. The van der Waals surface area contributed by atoms with Crippen LogP contribution in [0.3, 0.4) is 0 Å². The van der Waals surface area contributed by atoms with Gasteiger partial charge in [-0.1, -0.05) is 18.2 Å². The Hall–Kier alpha value is -1.95. The molecule has 2 saturated heterocycles. The third kappa shape index (κ3) is 2.92. The molecule has 2 aromatic rings. The summed E-state index contributed by atoms with van der Waals surface area (Å²) in [6, 6.07) is 7.29. The Morgan fingerprint density at radius 2 is 1.92 bits per heavy atom. The molecule has 25 heavy (non-hydrogen) atoms. The second-order valence-electron chi connectivity index (χ2n) is 6.73. The Kier molecular flexibility index (Phi) is 4.46. The number of likely N-dealkylation sites (tertiary alicyclic amines) is 1. The number of para-hydroxylation sites is 1. The van der Waals surface area contributed by atoms with E-state index in [0.717, 1.165) is 36.9 Å². The maximum absolute atomic E-state index is 13.1. The molecule has 0 saturated carbocycles. The summed E-state index contributed by atoms with van der Waals surface area (Å²) in [5, 5.41) is 0.955. The highest BCUT2D eigenvalue weighted by Crippen LogP contribution is 2.30. The van der Waals surface area contributed by atoms with Crippen LogP contribution in [0.25, 0.3) is 11.0 Å². The Labute approximate surface area is 151 Å². The summed E-state index contributed by atoms with van der Waals surface area (Å²) in [5.74, 6) is 1.49. The molecule has 1 aromatic heterocycles. The molecule has 1 unspecified atom stereocenters. The summed E-state index contributed by atoms with van der Waals surface area (Å²) in [7, 11) is 0. The first-order chi connectivity index (χ1) is 12.2. The minimum Gasteiger partial charge on any atom is -0.451 e. The molecule has 2 amide bonds. The van der Waals surface area contributed by atoms with E-state index in [0.29, 0.717) is 23.0 Å². The van der Waals surface area contributed by atoms with Crippen molar-refractivity contribution in [3.63, 3.8) is 0 Å². The second-order valence-corrected chi connectivity index (χ2v) is 7.73. The molecular formula is C19H22N2O3S. The molecule has 0 N–H and O–H groups in total. The molecule has 0 radical (unpaired) electrons. The van der Waals surface area contributed by atoms with E-state index in [1.54, 1.807) is 16.7 Å². The minimum atomic E-state index is -0.372. The van der Waals surface area contributed by atoms with Crippen LogP contribution in [0, 0.1) is 6.92 Å². The molecule has 5 nitrogen and oxygen atoms in total. The first-order valence-electron chi connectivity index (χ1n) is 8.82. The monoisotopic (exact) mass is 358 g/mol. The molecule has 1 atom stereocenters. The summed E-state index contributed by atoms with van der Waals surface area (Å²) in [6.07, 6.45) is 3.30. The number of aryl methyl sites for hydroxylation is 1. The van der Waals surface area contributed by atoms with E-state index >= 15 is 0 Å². The van der Waals surface area contributed by atoms with Crippen LogP contribution in [0.15, 0.2) is 28.7 Å². The second kappa shape index (κ2) is 6.75. The van der Waals surface area contributed by atoms with Gasteiger partial charge in [0.1, 0.15) is 11.6 Å². The van der Waals surface area contributed by atoms with Gasteiger partial charge in [0.15, 0.2) is 5.76 Å². The van der Waals surface area contributed by atoms with Crippen LogP contribution in [0.5, 0.6) is 0 Å². The summed E-state index contributed by atoms with van der Waals surface area (Å²) in [6.45, 7) is 3.53. The molecule has 132 valence electrons. The van der Waals surface area contributed by atoms with Gasteiger partial charge in [-0.15, -0.1) is 11.8 Å². The molecule has 0 bridgehead atoms. The summed E-state index contributed by atoms with van der Waals surface area (Å²) in [5.41, 5.74) is 1.57. The lowest BCUT2D eigenvalue weighted by molar-refractivity contribution is -0.135. The lowest BCUT2D eigenvalue weighted by Crippen LogP contribution is -2.50. The van der Waals surface area contributed by atoms with Crippen molar-refractivity contribution in [3.8, 4) is 0 Å². The number of nitrogens with zero attached hydrogens (tertiary/aromatic N) is 2. The highest BCUT2D eigenvalue weighted by Gasteiger charge is 2.39. The van der Waals surface area contributed by atoms with Crippen molar-refractivity contribution in [1.82, 2.24) is 9.80 Å². The van der Waals surface area contributed by atoms with Crippen molar-refractivity contribution in [2.24, 2.45) is 0 Å². The van der Waals surface area contributed by atoms with Crippen LogP contribution in [0.2, 0.25) is 0 Å². The van der Waals surface area contributed by atoms with Gasteiger partial charge in [-0.2, -0.15) is 0 Å². The average molecular weight is 358 g/mol. The van der Waals surface area contributed by atoms with Crippen LogP contribution in [-0.4, -0.2) is 52.4 Å². The average Bonchev–Trinajstić information content (AvgIpc) is 3.27. The number of carbonyl (C=O) groups is 2. The van der Waals surface area contributed by atoms with Crippen LogP contribution < -0.4 is 0 Å². The SMILES string of the molecule is Cc1c(C(=O)N2CSCC2C(=O)N2CCCCC2)oc2ccccc12. The zero-order valence-corrected chi connectivity index (χ0v) is 15.2. The number of amides is 2. The first-order valence-corrected chi connectivity index (χ1v) is 9.98. The zero-order valence-electron chi connectivity index (χ0n) is 14.4. The van der Waals surface area contributed by atoms with Crippen molar-refractivity contribution in [2.45, 2.75) is 32.2 Å². The third-order valence-corrected chi connectivity index (χ3v) is 6.15. The summed E-state index contributed by atoms with van der Waals surface area (Å²) >= 11 is 1.63. The molecule has 0 spiro atoms. The Morgan fingerprint density at radius 3 is 2.68 bits per heavy atom. The molecule has 2 aliphatic rings. The van der Waals surface area contributed by atoms with Gasteiger partial charge in [0, 0.05) is 29.8 Å². The summed E-state index contributed by atoms with van der Waals surface area (Å²) in [4.78, 5) is 29.6. The van der Waals surface area contributed by atoms with Crippen molar-refractivity contribution in [1.29, 1.82) is 0 Å². The van der Waals surface area contributed by atoms with Gasteiger partial charge < -0.3 is 14.2 Å². The Balaban J connectivity index is 1.59. The van der Waals surface area contributed by atoms with Crippen molar-refractivity contribution in [3.05, 3.63) is 35.6 Å². The fourth-order valence-electron chi connectivity index (χ4n) is 3.68.